The predicted octanol–water partition coefficient (Wildman–Crippen LogP) is 2.74. The van der Waals surface area contributed by atoms with Crippen molar-refractivity contribution in [3.05, 3.63) is 70.2 Å². The first kappa shape index (κ1) is 12.8. The van der Waals surface area contributed by atoms with E-state index in [0.717, 1.165) is 4.47 Å². The van der Waals surface area contributed by atoms with Gasteiger partial charge in [0.2, 0.25) is 0 Å². The number of nitrogens with two attached hydrogens (primary N) is 1. The van der Waals surface area contributed by atoms with Crippen molar-refractivity contribution in [2.75, 3.05) is 0 Å². The molecule has 0 saturated carbocycles. The van der Waals surface area contributed by atoms with Gasteiger partial charge in [-0.05, 0) is 23.3 Å². The fourth-order valence-corrected chi connectivity index (χ4v) is 2.09. The van der Waals surface area contributed by atoms with Gasteiger partial charge in [-0.15, -0.1) is 0 Å². The van der Waals surface area contributed by atoms with Crippen LogP contribution in [0.15, 0.2) is 59.1 Å². The van der Waals surface area contributed by atoms with E-state index in [1.165, 1.54) is 0 Å². The quantitative estimate of drug-likeness (QED) is 0.916. The van der Waals surface area contributed by atoms with Crippen LogP contribution in [-0.4, -0.2) is 11.1 Å². The molecule has 1 atom stereocenters. The number of halogens is 1. The van der Waals surface area contributed by atoms with Crippen molar-refractivity contribution < 1.29 is 9.90 Å². The van der Waals surface area contributed by atoms with Crippen molar-refractivity contribution in [2.45, 2.75) is 5.54 Å². The Labute approximate surface area is 113 Å². The zero-order chi connectivity index (χ0) is 13.2. The molecule has 0 aliphatic heterocycles. The van der Waals surface area contributed by atoms with Gasteiger partial charge in [0, 0.05) is 4.47 Å². The SMILES string of the molecule is NC(C(=O)O)(c1ccccc1)c1ccc(Br)cc1. The Morgan fingerprint density at radius 3 is 2.00 bits per heavy atom. The number of hydrogen-bond donors (Lipinski definition) is 2. The summed E-state index contributed by atoms with van der Waals surface area (Å²) < 4.78 is 0.882. The van der Waals surface area contributed by atoms with Crippen LogP contribution in [0.5, 0.6) is 0 Å². The van der Waals surface area contributed by atoms with Crippen LogP contribution in [0.4, 0.5) is 0 Å². The minimum atomic E-state index is -1.53. The summed E-state index contributed by atoms with van der Waals surface area (Å²) in [4.78, 5) is 11.6. The minimum absolute atomic E-state index is 0.546. The topological polar surface area (TPSA) is 63.3 Å². The van der Waals surface area contributed by atoms with Crippen molar-refractivity contribution in [1.82, 2.24) is 0 Å². The van der Waals surface area contributed by atoms with Crippen LogP contribution in [0.1, 0.15) is 11.1 Å². The molecule has 0 radical (unpaired) electrons. The number of hydrogen-bond acceptors (Lipinski definition) is 2. The van der Waals surface area contributed by atoms with E-state index in [9.17, 15) is 9.90 Å². The van der Waals surface area contributed by atoms with Gasteiger partial charge in [0.25, 0.3) is 0 Å². The lowest BCUT2D eigenvalue weighted by Gasteiger charge is -2.25. The summed E-state index contributed by atoms with van der Waals surface area (Å²) >= 11 is 3.32. The highest BCUT2D eigenvalue weighted by Gasteiger charge is 2.37. The van der Waals surface area contributed by atoms with E-state index in [2.05, 4.69) is 15.9 Å². The van der Waals surface area contributed by atoms with Crippen LogP contribution in [-0.2, 0) is 10.3 Å². The molecule has 4 heteroatoms. The maximum atomic E-state index is 11.6. The number of carbonyl (C=O) groups is 1. The van der Waals surface area contributed by atoms with Crippen LogP contribution in [0, 0.1) is 0 Å². The Hall–Kier alpha value is -1.65. The molecular weight excluding hydrogens is 294 g/mol. The molecule has 0 fully saturated rings. The van der Waals surface area contributed by atoms with Crippen molar-refractivity contribution in [2.24, 2.45) is 5.73 Å². The van der Waals surface area contributed by atoms with Crippen molar-refractivity contribution >= 4 is 21.9 Å². The average molecular weight is 306 g/mol. The van der Waals surface area contributed by atoms with Crippen molar-refractivity contribution in [3.8, 4) is 0 Å². The largest absolute Gasteiger partial charge is 0.479 e. The van der Waals surface area contributed by atoms with E-state index >= 15 is 0 Å². The number of aliphatic carboxylic acids is 1. The summed E-state index contributed by atoms with van der Waals surface area (Å²) in [6.07, 6.45) is 0. The second-order valence-corrected chi connectivity index (χ2v) is 4.90. The number of carboxylic acid groups (broad SMARTS) is 1. The molecule has 0 bridgehead atoms. The molecule has 0 aliphatic carbocycles. The van der Waals surface area contributed by atoms with Crippen LogP contribution in [0.2, 0.25) is 0 Å². The molecule has 0 saturated heterocycles. The maximum Gasteiger partial charge on any atom is 0.333 e. The molecule has 0 heterocycles. The predicted molar refractivity (Wildman–Crippen MR) is 73.2 cm³/mol. The fraction of sp³-hybridized carbons (Fsp3) is 0.0714. The van der Waals surface area contributed by atoms with Crippen LogP contribution in [0.3, 0.4) is 0 Å². The standard InChI is InChI=1S/C14H12BrNO2/c15-12-8-6-11(7-9-12)14(16,13(17)18)10-4-2-1-3-5-10/h1-9H,16H2,(H,17,18). The van der Waals surface area contributed by atoms with E-state index in [1.807, 2.05) is 6.07 Å². The summed E-state index contributed by atoms with van der Waals surface area (Å²) in [7, 11) is 0. The average Bonchev–Trinajstić information content (AvgIpc) is 2.39. The summed E-state index contributed by atoms with van der Waals surface area (Å²) in [5.41, 5.74) is 5.69. The number of rotatable bonds is 3. The first-order valence-electron chi connectivity index (χ1n) is 5.39. The van der Waals surface area contributed by atoms with E-state index in [0.29, 0.717) is 11.1 Å². The van der Waals surface area contributed by atoms with Crippen LogP contribution >= 0.6 is 15.9 Å². The van der Waals surface area contributed by atoms with Gasteiger partial charge in [-0.25, -0.2) is 4.79 Å². The zero-order valence-corrected chi connectivity index (χ0v) is 11.1. The highest BCUT2D eigenvalue weighted by atomic mass is 79.9. The van der Waals surface area contributed by atoms with Crippen molar-refractivity contribution in [3.63, 3.8) is 0 Å². The Morgan fingerprint density at radius 2 is 1.50 bits per heavy atom. The van der Waals surface area contributed by atoms with E-state index in [-0.39, 0.29) is 0 Å². The van der Waals surface area contributed by atoms with Gasteiger partial charge in [0.15, 0.2) is 5.54 Å². The third-order valence-electron chi connectivity index (χ3n) is 2.87. The fourth-order valence-electron chi connectivity index (χ4n) is 1.83. The van der Waals surface area contributed by atoms with Gasteiger partial charge < -0.3 is 10.8 Å². The molecule has 3 N–H and O–H groups in total. The lowest BCUT2D eigenvalue weighted by Crippen LogP contribution is -2.45. The molecule has 18 heavy (non-hydrogen) atoms. The van der Waals surface area contributed by atoms with Crippen molar-refractivity contribution in [1.29, 1.82) is 0 Å². The van der Waals surface area contributed by atoms with Gasteiger partial charge >= 0.3 is 5.97 Å². The van der Waals surface area contributed by atoms with Gasteiger partial charge in [-0.2, -0.15) is 0 Å². The van der Waals surface area contributed by atoms with Gasteiger partial charge in [0.05, 0.1) is 0 Å². The Balaban J connectivity index is 2.58. The second-order valence-electron chi connectivity index (χ2n) is 3.99. The van der Waals surface area contributed by atoms with E-state index in [1.54, 1.807) is 48.5 Å². The third kappa shape index (κ3) is 2.17. The van der Waals surface area contributed by atoms with E-state index < -0.39 is 11.5 Å². The smallest absolute Gasteiger partial charge is 0.333 e. The first-order valence-corrected chi connectivity index (χ1v) is 6.18. The molecule has 2 aromatic rings. The second kappa shape index (κ2) is 4.92. The molecule has 2 aromatic carbocycles. The molecule has 1 unspecified atom stereocenters. The Bertz CT molecular complexity index is 554. The van der Waals surface area contributed by atoms with Gasteiger partial charge in [-0.3, -0.25) is 0 Å². The molecular formula is C14H12BrNO2. The third-order valence-corrected chi connectivity index (χ3v) is 3.39. The maximum absolute atomic E-state index is 11.6. The Kier molecular flexibility index (Phi) is 3.50. The molecule has 0 spiro atoms. The highest BCUT2D eigenvalue weighted by Crippen LogP contribution is 2.28. The summed E-state index contributed by atoms with van der Waals surface area (Å²) in [6, 6.07) is 15.8. The molecule has 2 rings (SSSR count). The summed E-state index contributed by atoms with van der Waals surface area (Å²) in [5.74, 6) is -1.07. The first-order chi connectivity index (χ1) is 8.55. The summed E-state index contributed by atoms with van der Waals surface area (Å²) in [6.45, 7) is 0. The van der Waals surface area contributed by atoms with Crippen LogP contribution in [0.25, 0.3) is 0 Å². The molecule has 0 aliphatic rings. The number of carboxylic acids is 1. The minimum Gasteiger partial charge on any atom is -0.479 e. The summed E-state index contributed by atoms with van der Waals surface area (Å²) in [5, 5.41) is 9.47. The van der Waals surface area contributed by atoms with Gasteiger partial charge in [-0.1, -0.05) is 58.4 Å². The molecule has 0 amide bonds. The molecule has 0 aromatic heterocycles. The zero-order valence-electron chi connectivity index (χ0n) is 9.51. The molecule has 92 valence electrons. The van der Waals surface area contributed by atoms with Crippen LogP contribution < -0.4 is 5.73 Å². The van der Waals surface area contributed by atoms with Gasteiger partial charge in [0.1, 0.15) is 0 Å². The highest BCUT2D eigenvalue weighted by molar-refractivity contribution is 9.10. The Morgan fingerprint density at radius 1 is 1.00 bits per heavy atom. The number of benzene rings is 2. The van der Waals surface area contributed by atoms with E-state index in [4.69, 9.17) is 5.73 Å². The lowest BCUT2D eigenvalue weighted by atomic mass is 9.84. The monoisotopic (exact) mass is 305 g/mol. The normalized spacial score (nSPS) is 13.9. The lowest BCUT2D eigenvalue weighted by molar-refractivity contribution is -0.142. The molecule has 3 nitrogen and oxygen atoms in total.